The molecule has 2 N–H and O–H groups in total. The highest BCUT2D eigenvalue weighted by Crippen LogP contribution is 2.36. The van der Waals surface area contributed by atoms with Gasteiger partial charge in [-0.25, -0.2) is 9.78 Å². The van der Waals surface area contributed by atoms with E-state index in [4.69, 9.17) is 0 Å². The number of carbonyl (C=O) groups excluding carboxylic acids is 2. The molecule has 3 amide bonds. The molecular weight excluding hydrogens is 396 g/mol. The number of imide groups is 1. The second kappa shape index (κ2) is 8.48. The number of aryl methyl sites for hydroxylation is 2. The number of rotatable bonds is 6. The number of aromatic nitrogens is 2. The average molecular weight is 421 g/mol. The highest BCUT2D eigenvalue weighted by atomic mass is 32.2. The lowest BCUT2D eigenvalue weighted by atomic mass is 10.2. The van der Waals surface area contributed by atoms with Crippen molar-refractivity contribution in [1.82, 2.24) is 20.2 Å². The Morgan fingerprint density at radius 2 is 2.11 bits per heavy atom. The van der Waals surface area contributed by atoms with Gasteiger partial charge in [0.05, 0.1) is 10.6 Å². The molecule has 0 fully saturated rings. The molecule has 1 aliphatic carbocycles. The summed E-state index contributed by atoms with van der Waals surface area (Å²) in [5, 5.41) is 5.52. The van der Waals surface area contributed by atoms with E-state index in [2.05, 4.69) is 22.2 Å². The third-order valence-electron chi connectivity index (χ3n) is 4.41. The molecule has 0 aliphatic heterocycles. The number of thiophene rings is 1. The summed E-state index contributed by atoms with van der Waals surface area (Å²) < 4.78 is 1.56. The zero-order chi connectivity index (χ0) is 20.4. The Morgan fingerprint density at radius 1 is 1.36 bits per heavy atom. The van der Waals surface area contributed by atoms with E-state index in [1.807, 2.05) is 13.8 Å². The van der Waals surface area contributed by atoms with Crippen LogP contribution in [0.1, 0.15) is 37.6 Å². The topological polar surface area (TPSA) is 93.1 Å². The van der Waals surface area contributed by atoms with Crippen molar-refractivity contribution in [1.29, 1.82) is 0 Å². The standard InChI is InChI=1S/C19H24N4O3S2/c1-5-9-23-17(25)14-12-7-6-8-13(12)28-16(14)22-19(23)27-11(4)15(24)21-18(26)20-10(2)3/h5,10-11H,1,6-9H2,2-4H3,(H2,20,21,24,26)/t11-/m0/s1. The molecule has 2 aromatic rings. The SMILES string of the molecule is C=CCn1c(S[C@@H](C)C(=O)NC(=O)NC(C)C)nc2sc3c(c2c1=O)CCC3. The van der Waals surface area contributed by atoms with E-state index in [9.17, 15) is 14.4 Å². The Hall–Kier alpha value is -2.13. The number of nitrogens with one attached hydrogen (secondary N) is 2. The van der Waals surface area contributed by atoms with Crippen LogP contribution < -0.4 is 16.2 Å². The van der Waals surface area contributed by atoms with Gasteiger partial charge in [0.2, 0.25) is 5.91 Å². The first-order chi connectivity index (χ1) is 13.3. The van der Waals surface area contributed by atoms with Crippen LogP contribution in [0.25, 0.3) is 10.2 Å². The Labute approximate surface area is 171 Å². The normalized spacial score (nSPS) is 14.1. The highest BCUT2D eigenvalue weighted by Gasteiger charge is 2.25. The molecule has 0 bridgehead atoms. The molecule has 3 rings (SSSR count). The fraction of sp³-hybridized carbons (Fsp3) is 0.474. The lowest BCUT2D eigenvalue weighted by Crippen LogP contribution is -2.45. The third-order valence-corrected chi connectivity index (χ3v) is 6.69. The molecule has 0 radical (unpaired) electrons. The summed E-state index contributed by atoms with van der Waals surface area (Å²) in [5.41, 5.74) is 1.04. The van der Waals surface area contributed by atoms with Crippen molar-refractivity contribution in [3.05, 3.63) is 33.4 Å². The molecule has 0 spiro atoms. The van der Waals surface area contributed by atoms with Crippen LogP contribution >= 0.6 is 23.1 Å². The maximum Gasteiger partial charge on any atom is 0.321 e. The van der Waals surface area contributed by atoms with Crippen molar-refractivity contribution < 1.29 is 9.59 Å². The first-order valence-electron chi connectivity index (χ1n) is 9.25. The Bertz CT molecular complexity index is 993. The van der Waals surface area contributed by atoms with Crippen molar-refractivity contribution in [2.75, 3.05) is 0 Å². The molecule has 1 atom stereocenters. The largest absolute Gasteiger partial charge is 0.336 e. The fourth-order valence-electron chi connectivity index (χ4n) is 3.16. The minimum absolute atomic E-state index is 0.0709. The lowest BCUT2D eigenvalue weighted by Gasteiger charge is -2.15. The summed E-state index contributed by atoms with van der Waals surface area (Å²) in [5.74, 6) is -0.434. The summed E-state index contributed by atoms with van der Waals surface area (Å²) >= 11 is 2.73. The number of urea groups is 1. The van der Waals surface area contributed by atoms with E-state index >= 15 is 0 Å². The van der Waals surface area contributed by atoms with E-state index in [-0.39, 0.29) is 11.6 Å². The van der Waals surface area contributed by atoms with Crippen LogP contribution in [0, 0.1) is 0 Å². The van der Waals surface area contributed by atoms with Crippen molar-refractivity contribution in [2.24, 2.45) is 0 Å². The number of hydrogen-bond donors (Lipinski definition) is 2. The minimum Gasteiger partial charge on any atom is -0.336 e. The Balaban J connectivity index is 1.88. The predicted molar refractivity (Wildman–Crippen MR) is 113 cm³/mol. The molecule has 150 valence electrons. The van der Waals surface area contributed by atoms with Crippen LogP contribution in [0.15, 0.2) is 22.6 Å². The average Bonchev–Trinajstić information content (AvgIpc) is 3.17. The first-order valence-corrected chi connectivity index (χ1v) is 11.0. The quantitative estimate of drug-likeness (QED) is 0.426. The van der Waals surface area contributed by atoms with Crippen molar-refractivity contribution in [2.45, 2.75) is 63.0 Å². The second-order valence-corrected chi connectivity index (χ2v) is 9.41. The lowest BCUT2D eigenvalue weighted by molar-refractivity contribution is -0.119. The molecule has 0 saturated heterocycles. The van der Waals surface area contributed by atoms with Gasteiger partial charge in [0, 0.05) is 17.5 Å². The molecule has 1 aliphatic rings. The number of fused-ring (bicyclic) bond motifs is 3. The number of nitrogens with zero attached hydrogens (tertiary/aromatic N) is 2. The molecule has 0 unspecified atom stereocenters. The van der Waals surface area contributed by atoms with Crippen LogP contribution in [0.3, 0.4) is 0 Å². The van der Waals surface area contributed by atoms with E-state index in [1.54, 1.807) is 28.9 Å². The molecule has 7 nitrogen and oxygen atoms in total. The summed E-state index contributed by atoms with van der Waals surface area (Å²) in [6.45, 7) is 9.36. The summed E-state index contributed by atoms with van der Waals surface area (Å²) in [6.07, 6.45) is 4.62. The monoisotopic (exact) mass is 420 g/mol. The van der Waals surface area contributed by atoms with Gasteiger partial charge in [-0.3, -0.25) is 19.5 Å². The Morgan fingerprint density at radius 3 is 2.79 bits per heavy atom. The maximum absolute atomic E-state index is 13.1. The van der Waals surface area contributed by atoms with E-state index in [0.29, 0.717) is 17.1 Å². The zero-order valence-electron chi connectivity index (χ0n) is 16.2. The molecule has 28 heavy (non-hydrogen) atoms. The van der Waals surface area contributed by atoms with Gasteiger partial charge in [-0.15, -0.1) is 17.9 Å². The first kappa shape index (κ1) is 20.6. The van der Waals surface area contributed by atoms with Crippen LogP contribution in [0.5, 0.6) is 0 Å². The number of thioether (sulfide) groups is 1. The second-order valence-electron chi connectivity index (χ2n) is 7.01. The van der Waals surface area contributed by atoms with Crippen LogP contribution in [-0.2, 0) is 24.2 Å². The molecule has 2 aromatic heterocycles. The molecular formula is C19H24N4O3S2. The van der Waals surface area contributed by atoms with Crippen molar-refractivity contribution in [3.8, 4) is 0 Å². The van der Waals surface area contributed by atoms with Gasteiger partial charge in [0.1, 0.15) is 4.83 Å². The molecule has 0 aromatic carbocycles. The Kier molecular flexibility index (Phi) is 6.24. The van der Waals surface area contributed by atoms with Gasteiger partial charge >= 0.3 is 6.03 Å². The van der Waals surface area contributed by atoms with Crippen LogP contribution in [0.4, 0.5) is 4.79 Å². The summed E-state index contributed by atoms with van der Waals surface area (Å²) in [7, 11) is 0. The zero-order valence-corrected chi connectivity index (χ0v) is 17.8. The van der Waals surface area contributed by atoms with E-state index in [1.165, 1.54) is 16.6 Å². The van der Waals surface area contributed by atoms with Crippen LogP contribution in [-0.4, -0.2) is 32.8 Å². The highest BCUT2D eigenvalue weighted by molar-refractivity contribution is 8.00. The summed E-state index contributed by atoms with van der Waals surface area (Å²) in [4.78, 5) is 43.9. The molecule has 2 heterocycles. The maximum atomic E-state index is 13.1. The molecule has 0 saturated carbocycles. The van der Waals surface area contributed by atoms with Crippen LogP contribution in [0.2, 0.25) is 0 Å². The number of allylic oxidation sites excluding steroid dienone is 1. The third kappa shape index (κ3) is 4.15. The van der Waals surface area contributed by atoms with Gasteiger partial charge in [-0.1, -0.05) is 17.8 Å². The van der Waals surface area contributed by atoms with Gasteiger partial charge in [0.15, 0.2) is 5.16 Å². The number of carbonyl (C=O) groups is 2. The minimum atomic E-state index is -0.592. The van der Waals surface area contributed by atoms with Gasteiger partial charge < -0.3 is 5.32 Å². The summed E-state index contributed by atoms with van der Waals surface area (Å²) in [6, 6.07) is -0.604. The number of amides is 3. The van der Waals surface area contributed by atoms with E-state index in [0.717, 1.165) is 29.7 Å². The van der Waals surface area contributed by atoms with Gasteiger partial charge in [-0.05, 0) is 45.6 Å². The smallest absolute Gasteiger partial charge is 0.321 e. The number of hydrogen-bond acceptors (Lipinski definition) is 6. The van der Waals surface area contributed by atoms with Crippen molar-refractivity contribution >= 4 is 45.3 Å². The van der Waals surface area contributed by atoms with Crippen molar-refractivity contribution in [3.63, 3.8) is 0 Å². The predicted octanol–water partition coefficient (Wildman–Crippen LogP) is 2.85. The van der Waals surface area contributed by atoms with E-state index < -0.39 is 17.2 Å². The molecule has 9 heteroatoms. The van der Waals surface area contributed by atoms with Gasteiger partial charge in [-0.2, -0.15) is 0 Å². The fourth-order valence-corrected chi connectivity index (χ4v) is 5.38. The van der Waals surface area contributed by atoms with Gasteiger partial charge in [0.25, 0.3) is 5.56 Å².